The fourth-order valence-electron chi connectivity index (χ4n) is 13.1. The Hall–Kier alpha value is -6.59. The van der Waals surface area contributed by atoms with Crippen molar-refractivity contribution >= 4 is 127 Å². The third kappa shape index (κ3) is 25.3. The number of hydrogen-bond acceptors (Lipinski definition) is 12. The lowest BCUT2D eigenvalue weighted by Crippen LogP contribution is -2.50. The molecule has 0 bridgehead atoms. The fourth-order valence-corrected chi connectivity index (χ4v) is 14.5. The van der Waals surface area contributed by atoms with Gasteiger partial charge in [-0.1, -0.05) is 182 Å². The summed E-state index contributed by atoms with van der Waals surface area (Å²) in [5.41, 5.74) is 16.4. The van der Waals surface area contributed by atoms with Crippen molar-refractivity contribution in [3.8, 4) is 0 Å². The van der Waals surface area contributed by atoms with Crippen LogP contribution in [0.4, 0.5) is 0 Å². The Morgan fingerprint density at radius 3 is 1.28 bits per heavy atom. The van der Waals surface area contributed by atoms with E-state index in [0.29, 0.717) is 156 Å². The number of nitrogens with one attached hydrogen (secondary N) is 7. The first-order valence-corrected chi connectivity index (χ1v) is 38.4. The van der Waals surface area contributed by atoms with Crippen molar-refractivity contribution in [2.24, 2.45) is 11.5 Å². The number of carbonyl (C=O) groups is 6. The van der Waals surface area contributed by atoms with Crippen LogP contribution in [0.15, 0.2) is 152 Å². The lowest BCUT2D eigenvalue weighted by Gasteiger charge is -2.29. The molecule has 25 heteroatoms. The van der Waals surface area contributed by atoms with Gasteiger partial charge in [0.15, 0.2) is 0 Å². The Kier molecular flexibility index (Phi) is 33.6. The average molecular weight is 1560 g/mol. The predicted octanol–water partition coefficient (Wildman–Crippen LogP) is 13.3. The molecule has 7 aromatic carbocycles. The Balaban J connectivity index is 0.000000198. The van der Waals surface area contributed by atoms with E-state index in [1.54, 1.807) is 59.5 Å². The van der Waals surface area contributed by atoms with E-state index < -0.39 is 6.04 Å². The van der Waals surface area contributed by atoms with Gasteiger partial charge >= 0.3 is 0 Å². The number of rotatable bonds is 27. The summed E-state index contributed by atoms with van der Waals surface area (Å²) >= 11 is 42.3. The van der Waals surface area contributed by atoms with Crippen LogP contribution in [0.3, 0.4) is 0 Å². The number of benzene rings is 7. The average Bonchev–Trinajstić information content (AvgIpc) is 1.17. The number of fused-ring (bicyclic) bond motifs is 1. The molecule has 0 saturated carbocycles. The lowest BCUT2D eigenvalue weighted by atomic mass is 9.95. The molecular weight excluding hydrogens is 1460 g/mol. The van der Waals surface area contributed by atoms with E-state index in [0.717, 1.165) is 48.6 Å². The van der Waals surface area contributed by atoms with Gasteiger partial charge in [-0.2, -0.15) is 0 Å². The van der Waals surface area contributed by atoms with Gasteiger partial charge in [0.05, 0.1) is 38.2 Å². The number of halogens is 7. The number of nitrogens with zero attached hydrogens (tertiary/aromatic N) is 3. The molecule has 3 fully saturated rings. The molecule has 10 rings (SSSR count). The zero-order valence-corrected chi connectivity index (χ0v) is 64.7. The SMILES string of the molecule is CC[C@H](CN1CC[C@@H](CNC(=O)c2ccc(Cl)c(Cl)c2)N[C@@H](CCN)C1=O)c1ccccc1.CC[C@H](CN1CC[C@@H](CNC(=O)c2ccc(Cl)c(Cl)c2)N[C@@H](CCNC(C)C)C1=O)c1ccccc1.NCC[C@@H]1N[C@H](CNC(=O)c2ccc3cc(Cl)ccc3c2)CCN(Cc2cc(Cl)cc(Cl)c2)C1=O. The van der Waals surface area contributed by atoms with Crippen LogP contribution >= 0.6 is 81.2 Å². The second-order valence-corrected chi connectivity index (χ2v) is 29.8. The first kappa shape index (κ1) is 83.1. The van der Waals surface area contributed by atoms with Crippen LogP contribution in [0.2, 0.25) is 35.2 Å². The first-order chi connectivity index (χ1) is 50.0. The number of hydrogen-bond donors (Lipinski definition) is 9. The van der Waals surface area contributed by atoms with E-state index in [1.807, 2.05) is 70.5 Å². The molecule has 0 aromatic heterocycles. The molecule has 0 spiro atoms. The second-order valence-electron chi connectivity index (χ2n) is 26.9. The molecule has 0 radical (unpaired) electrons. The second kappa shape index (κ2) is 42.1. The molecule has 8 atom stereocenters. The molecule has 3 aliphatic rings. The van der Waals surface area contributed by atoms with Crippen LogP contribution in [0.1, 0.15) is 139 Å². The minimum absolute atomic E-state index is 0.0198. The van der Waals surface area contributed by atoms with Gasteiger partial charge in [-0.3, -0.25) is 28.8 Å². The van der Waals surface area contributed by atoms with Gasteiger partial charge < -0.3 is 63.4 Å². The third-order valence-electron chi connectivity index (χ3n) is 18.9. The van der Waals surface area contributed by atoms with Gasteiger partial charge in [0.2, 0.25) is 17.7 Å². The largest absolute Gasteiger partial charge is 0.350 e. The molecular formula is C79H97Cl7N12O6. The molecule has 0 unspecified atom stereocenters. The summed E-state index contributed by atoms with van der Waals surface area (Å²) in [5, 5.41) is 27.9. The van der Waals surface area contributed by atoms with Gasteiger partial charge in [0.25, 0.3) is 17.7 Å². The van der Waals surface area contributed by atoms with Gasteiger partial charge in [-0.25, -0.2) is 0 Å². The zero-order chi connectivity index (χ0) is 74.8. The fraction of sp³-hybridized carbons (Fsp3) is 0.418. The van der Waals surface area contributed by atoms with Crippen molar-refractivity contribution in [3.63, 3.8) is 0 Å². The highest BCUT2D eigenvalue weighted by Crippen LogP contribution is 2.29. The number of carbonyl (C=O) groups excluding carboxylic acids is 6. The van der Waals surface area contributed by atoms with E-state index in [2.05, 4.69) is 101 Å². The Morgan fingerprint density at radius 1 is 0.462 bits per heavy atom. The maximum Gasteiger partial charge on any atom is 0.251 e. The Labute approximate surface area is 647 Å². The van der Waals surface area contributed by atoms with E-state index >= 15 is 0 Å². The maximum atomic E-state index is 13.6. The molecule has 11 N–H and O–H groups in total. The summed E-state index contributed by atoms with van der Waals surface area (Å²) in [6.45, 7) is 14.8. The summed E-state index contributed by atoms with van der Waals surface area (Å²) < 4.78 is 0. The Bertz CT molecular complexity index is 3960. The third-order valence-corrected chi connectivity index (χ3v) is 21.1. The highest BCUT2D eigenvalue weighted by Gasteiger charge is 2.35. The zero-order valence-electron chi connectivity index (χ0n) is 59.4. The summed E-state index contributed by atoms with van der Waals surface area (Å²) in [5.74, 6) is 0.147. The molecule has 3 heterocycles. The molecule has 6 amide bonds. The van der Waals surface area contributed by atoms with E-state index in [-0.39, 0.29) is 77.5 Å². The monoisotopic (exact) mass is 1550 g/mol. The van der Waals surface area contributed by atoms with Gasteiger partial charge in [-0.15, -0.1) is 0 Å². The van der Waals surface area contributed by atoms with Crippen molar-refractivity contribution in [2.75, 3.05) is 72.0 Å². The molecule has 7 aromatic rings. The number of amides is 6. The van der Waals surface area contributed by atoms with Crippen molar-refractivity contribution in [2.45, 2.75) is 140 Å². The molecule has 3 aliphatic heterocycles. The molecule has 0 aliphatic carbocycles. The highest BCUT2D eigenvalue weighted by molar-refractivity contribution is 6.42. The Morgan fingerprint density at radius 2 is 0.856 bits per heavy atom. The minimum atomic E-state index is -0.426. The molecule has 104 heavy (non-hydrogen) atoms. The van der Waals surface area contributed by atoms with Crippen LogP contribution in [0.25, 0.3) is 10.8 Å². The summed E-state index contributed by atoms with van der Waals surface area (Å²) in [6, 6.07) is 45.8. The van der Waals surface area contributed by atoms with Crippen LogP contribution in [-0.4, -0.2) is 164 Å². The van der Waals surface area contributed by atoms with Crippen LogP contribution in [0.5, 0.6) is 0 Å². The smallest absolute Gasteiger partial charge is 0.251 e. The molecule has 3 saturated heterocycles. The van der Waals surface area contributed by atoms with Crippen LogP contribution < -0.4 is 48.7 Å². The lowest BCUT2D eigenvalue weighted by molar-refractivity contribution is -0.134. The normalized spacial score (nSPS) is 19.2. The standard InChI is InChI=1S/C28H38Cl2N4O2.C26H27Cl3N4O2.C25H32Cl2N4O2/c1-4-20(21-8-6-5-7-9-21)18-34-15-13-23(33-26(28(34)36)12-14-31-19(2)3)17-32-27(35)22-10-11-24(29)25(30)16-22;27-20-4-3-17-11-19(2-1-18(17)12-20)25(34)31-14-23-6-8-33(26(35)24(32-23)5-7-30)15-16-9-21(28)13-22(29)10-16;1-2-17(18-6-4-3-5-7-18)16-31-13-11-20(30-23(10-12-28)25(31)33)15-29-24(32)19-8-9-21(26)22(27)14-19/h5-11,16,19-20,23,26,31,33H,4,12-15,17-18H2,1-3H3,(H,32,35);1-4,9-13,23-24,32H,5-8,14-15,30H2,(H,31,34);3-9,14,17,20,23,30H,2,10-13,15-16,28H2,1H3,(H,29,32)/t20-,23+,26+;23-,24-;17-,20+,23+/m101/s1. The van der Waals surface area contributed by atoms with E-state index in [1.165, 1.54) is 11.1 Å². The summed E-state index contributed by atoms with van der Waals surface area (Å²) in [6.07, 6.45) is 5.82. The van der Waals surface area contributed by atoms with E-state index in [4.69, 9.17) is 92.7 Å². The predicted molar refractivity (Wildman–Crippen MR) is 424 cm³/mol. The van der Waals surface area contributed by atoms with Crippen LogP contribution in [0, 0.1) is 0 Å². The van der Waals surface area contributed by atoms with Crippen molar-refractivity contribution in [1.29, 1.82) is 0 Å². The topological polar surface area (TPSA) is 248 Å². The first-order valence-electron chi connectivity index (χ1n) is 35.8. The van der Waals surface area contributed by atoms with Gasteiger partial charge in [0.1, 0.15) is 0 Å². The maximum absolute atomic E-state index is 13.6. The molecule has 558 valence electrons. The van der Waals surface area contributed by atoms with E-state index in [9.17, 15) is 28.8 Å². The summed E-state index contributed by atoms with van der Waals surface area (Å²) in [7, 11) is 0. The quantitative estimate of drug-likeness (QED) is 0.0233. The van der Waals surface area contributed by atoms with Crippen LogP contribution in [-0.2, 0) is 20.9 Å². The van der Waals surface area contributed by atoms with Gasteiger partial charge in [0, 0.05) is 127 Å². The van der Waals surface area contributed by atoms with Crippen molar-refractivity contribution in [1.82, 2.24) is 51.9 Å². The van der Waals surface area contributed by atoms with Crippen molar-refractivity contribution in [3.05, 3.63) is 220 Å². The summed E-state index contributed by atoms with van der Waals surface area (Å²) in [4.78, 5) is 84.0. The van der Waals surface area contributed by atoms with Crippen molar-refractivity contribution < 1.29 is 28.8 Å². The number of nitrogens with two attached hydrogens (primary N) is 2. The molecule has 18 nitrogen and oxygen atoms in total. The minimum Gasteiger partial charge on any atom is -0.350 e. The highest BCUT2D eigenvalue weighted by atomic mass is 35.5. The van der Waals surface area contributed by atoms with Gasteiger partial charge in [-0.05, 0) is 177 Å².